The first-order valence-electron chi connectivity index (χ1n) is 11.8. The summed E-state index contributed by atoms with van der Waals surface area (Å²) in [5.74, 6) is -0.123. The summed E-state index contributed by atoms with van der Waals surface area (Å²) < 4.78 is 5.85. The Balaban J connectivity index is 3.43. The fourth-order valence-electron chi connectivity index (χ4n) is 3.56. The van der Waals surface area contributed by atoms with E-state index >= 15 is 0 Å². The molecular formula is C23H48NO4+. The molecule has 0 saturated carbocycles. The molecule has 0 spiro atoms. The van der Waals surface area contributed by atoms with Crippen molar-refractivity contribution in [2.45, 2.75) is 96.8 Å². The highest BCUT2D eigenvalue weighted by Crippen LogP contribution is 2.13. The second kappa shape index (κ2) is 19.7. The van der Waals surface area contributed by atoms with Crippen LogP contribution in [0.2, 0.25) is 0 Å². The van der Waals surface area contributed by atoms with E-state index in [4.69, 9.17) is 14.9 Å². The number of aliphatic hydroxyl groups is 2. The fraction of sp³-hybridized carbons (Fsp3) is 0.957. The zero-order valence-electron chi connectivity index (χ0n) is 18.8. The summed E-state index contributed by atoms with van der Waals surface area (Å²) in [4.78, 5) is 11.8. The van der Waals surface area contributed by atoms with Crippen LogP contribution in [0.4, 0.5) is 0 Å². The maximum absolute atomic E-state index is 11.8. The van der Waals surface area contributed by atoms with Crippen LogP contribution >= 0.6 is 0 Å². The lowest BCUT2D eigenvalue weighted by Crippen LogP contribution is -2.50. The lowest BCUT2D eigenvalue weighted by atomic mass is 10.0. The van der Waals surface area contributed by atoms with Gasteiger partial charge in [-0.3, -0.25) is 4.79 Å². The van der Waals surface area contributed by atoms with Crippen LogP contribution in [-0.4, -0.2) is 67.2 Å². The Hall–Kier alpha value is -0.650. The third-order valence-corrected chi connectivity index (χ3v) is 5.66. The van der Waals surface area contributed by atoms with Gasteiger partial charge in [0.05, 0.1) is 20.3 Å². The quantitative estimate of drug-likeness (QED) is 0.169. The summed E-state index contributed by atoms with van der Waals surface area (Å²) in [6.45, 7) is 4.53. The highest BCUT2D eigenvalue weighted by atomic mass is 16.5. The lowest BCUT2D eigenvalue weighted by molar-refractivity contribution is -0.910. The van der Waals surface area contributed by atoms with E-state index in [0.717, 1.165) is 12.8 Å². The van der Waals surface area contributed by atoms with Gasteiger partial charge < -0.3 is 19.4 Å². The number of hydrogen-bond donors (Lipinski definition) is 2. The molecule has 0 aromatic carbocycles. The predicted octanol–water partition coefficient (Wildman–Crippen LogP) is 4.44. The number of esters is 1. The smallest absolute Gasteiger partial charge is 0.305 e. The summed E-state index contributed by atoms with van der Waals surface area (Å²) in [5.41, 5.74) is 0. The number of hydrogen-bond acceptors (Lipinski definition) is 4. The number of carbonyl (C=O) groups is 1. The van der Waals surface area contributed by atoms with Crippen LogP contribution in [0.1, 0.15) is 96.8 Å². The molecule has 0 unspecified atom stereocenters. The van der Waals surface area contributed by atoms with Crippen LogP contribution in [0.15, 0.2) is 0 Å². The predicted molar refractivity (Wildman–Crippen MR) is 116 cm³/mol. The van der Waals surface area contributed by atoms with Gasteiger partial charge in [-0.1, -0.05) is 84.0 Å². The van der Waals surface area contributed by atoms with Gasteiger partial charge in [0.2, 0.25) is 0 Å². The molecule has 0 heterocycles. The Kier molecular flexibility index (Phi) is 19.2. The third-order valence-electron chi connectivity index (χ3n) is 5.66. The van der Waals surface area contributed by atoms with Crippen molar-refractivity contribution in [1.29, 1.82) is 0 Å². The van der Waals surface area contributed by atoms with Gasteiger partial charge in [-0.05, 0) is 6.42 Å². The minimum atomic E-state index is -0.123. The number of unbranched alkanes of at least 4 members (excludes halogenated alkanes) is 12. The summed E-state index contributed by atoms with van der Waals surface area (Å²) >= 11 is 0. The van der Waals surface area contributed by atoms with Crippen molar-refractivity contribution in [2.75, 3.05) is 46.5 Å². The molecule has 0 rings (SSSR count). The number of rotatable bonds is 21. The lowest BCUT2D eigenvalue weighted by Gasteiger charge is -2.33. The largest absolute Gasteiger partial charge is 0.460 e. The number of nitrogens with zero attached hydrogens (tertiary/aromatic N) is 1. The number of ether oxygens (including phenoxy) is 1. The molecule has 0 aromatic heterocycles. The summed E-state index contributed by atoms with van der Waals surface area (Å²) in [5, 5.41) is 18.2. The summed E-state index contributed by atoms with van der Waals surface area (Å²) in [7, 11) is 1.97. The van der Waals surface area contributed by atoms with E-state index in [1.54, 1.807) is 0 Å². The Labute approximate surface area is 174 Å². The molecule has 0 aliphatic heterocycles. The van der Waals surface area contributed by atoms with Crippen molar-refractivity contribution in [3.63, 3.8) is 0 Å². The molecule has 0 radical (unpaired) electrons. The van der Waals surface area contributed by atoms with Crippen LogP contribution in [0.3, 0.4) is 0 Å². The van der Waals surface area contributed by atoms with Gasteiger partial charge in [-0.2, -0.15) is 0 Å². The number of quaternary nitrogens is 1. The van der Waals surface area contributed by atoms with Crippen molar-refractivity contribution in [3.05, 3.63) is 0 Å². The molecule has 0 fully saturated rings. The van der Waals surface area contributed by atoms with Gasteiger partial charge in [-0.25, -0.2) is 0 Å². The summed E-state index contributed by atoms with van der Waals surface area (Å²) in [6.07, 6.45) is 17.4. The van der Waals surface area contributed by atoms with Gasteiger partial charge >= 0.3 is 5.97 Å². The molecule has 168 valence electrons. The van der Waals surface area contributed by atoms with Crippen molar-refractivity contribution in [3.8, 4) is 0 Å². The van der Waals surface area contributed by atoms with E-state index in [1.165, 1.54) is 70.6 Å². The SMILES string of the molecule is CCCCCCCCCCCCCCCC(=O)OCC[N+](C)(CCO)CCO. The van der Waals surface area contributed by atoms with Gasteiger partial charge in [-0.15, -0.1) is 0 Å². The molecule has 5 heteroatoms. The van der Waals surface area contributed by atoms with Gasteiger partial charge in [0.15, 0.2) is 0 Å². The van der Waals surface area contributed by atoms with Gasteiger partial charge in [0.1, 0.15) is 26.2 Å². The topological polar surface area (TPSA) is 66.8 Å². The van der Waals surface area contributed by atoms with E-state index < -0.39 is 0 Å². The maximum Gasteiger partial charge on any atom is 0.305 e. The highest BCUT2D eigenvalue weighted by Gasteiger charge is 2.20. The third kappa shape index (κ3) is 17.4. The minimum absolute atomic E-state index is 0.0728. The normalized spacial score (nSPS) is 11.7. The molecule has 2 N–H and O–H groups in total. The molecule has 0 amide bonds. The summed E-state index contributed by atoms with van der Waals surface area (Å²) in [6, 6.07) is 0. The number of likely N-dealkylation sites (N-methyl/N-ethyl adjacent to an activating group) is 1. The van der Waals surface area contributed by atoms with Gasteiger partial charge in [0.25, 0.3) is 0 Å². The average Bonchev–Trinajstić information content (AvgIpc) is 2.66. The van der Waals surface area contributed by atoms with Gasteiger partial charge in [0, 0.05) is 6.42 Å². The Morgan fingerprint density at radius 3 is 1.57 bits per heavy atom. The molecule has 5 nitrogen and oxygen atoms in total. The van der Waals surface area contributed by atoms with Crippen LogP contribution < -0.4 is 0 Å². The second-order valence-electron chi connectivity index (χ2n) is 8.45. The maximum atomic E-state index is 11.8. The fourth-order valence-corrected chi connectivity index (χ4v) is 3.56. The van der Waals surface area contributed by atoms with Crippen molar-refractivity contribution >= 4 is 5.97 Å². The standard InChI is InChI=1S/C23H48NO4/c1-3-4-5-6-7-8-9-10-11-12-13-14-15-16-23(27)28-22-19-24(2,17-20-25)18-21-26/h25-26H,3-22H2,1-2H3/q+1. The van der Waals surface area contributed by atoms with E-state index in [9.17, 15) is 4.79 Å². The monoisotopic (exact) mass is 402 g/mol. The van der Waals surface area contributed by atoms with Crippen LogP contribution in [0, 0.1) is 0 Å². The molecule has 0 atom stereocenters. The second-order valence-corrected chi connectivity index (χ2v) is 8.45. The Bertz CT molecular complexity index is 343. The number of carbonyl (C=O) groups excluding carboxylic acids is 1. The van der Waals surface area contributed by atoms with E-state index in [2.05, 4.69) is 6.92 Å². The molecule has 0 aromatic rings. The Morgan fingerprint density at radius 2 is 1.14 bits per heavy atom. The highest BCUT2D eigenvalue weighted by molar-refractivity contribution is 5.69. The molecular weight excluding hydrogens is 354 g/mol. The van der Waals surface area contributed by atoms with Crippen molar-refractivity contribution in [2.24, 2.45) is 0 Å². The van der Waals surface area contributed by atoms with Crippen LogP contribution in [-0.2, 0) is 9.53 Å². The number of aliphatic hydroxyl groups excluding tert-OH is 2. The zero-order valence-corrected chi connectivity index (χ0v) is 18.8. The zero-order chi connectivity index (χ0) is 20.9. The van der Waals surface area contributed by atoms with E-state index in [0.29, 0.717) is 37.1 Å². The van der Waals surface area contributed by atoms with E-state index in [1.807, 2.05) is 7.05 Å². The van der Waals surface area contributed by atoms with Crippen LogP contribution in [0.5, 0.6) is 0 Å². The Morgan fingerprint density at radius 1 is 0.714 bits per heavy atom. The minimum Gasteiger partial charge on any atom is -0.460 e. The molecule has 0 saturated heterocycles. The average molecular weight is 403 g/mol. The first-order chi connectivity index (χ1) is 13.6. The van der Waals surface area contributed by atoms with E-state index in [-0.39, 0.29) is 19.2 Å². The van der Waals surface area contributed by atoms with Crippen molar-refractivity contribution < 1.29 is 24.2 Å². The first kappa shape index (κ1) is 27.4. The molecule has 0 aliphatic rings. The molecule has 28 heavy (non-hydrogen) atoms. The first-order valence-corrected chi connectivity index (χ1v) is 11.8. The molecule has 0 aliphatic carbocycles. The van der Waals surface area contributed by atoms with Crippen molar-refractivity contribution in [1.82, 2.24) is 0 Å². The van der Waals surface area contributed by atoms with Crippen LogP contribution in [0.25, 0.3) is 0 Å². The molecule has 0 bridgehead atoms.